The van der Waals surface area contributed by atoms with E-state index in [9.17, 15) is 0 Å². The topological polar surface area (TPSA) is 59.1 Å². The Balaban J connectivity index is 2.28. The Labute approximate surface area is 117 Å². The minimum Gasteiger partial charge on any atom is -0.394 e. The van der Waals surface area contributed by atoms with Gasteiger partial charge in [-0.25, -0.2) is 4.99 Å². The summed E-state index contributed by atoms with van der Waals surface area (Å²) < 4.78 is 7.63. The predicted octanol–water partition coefficient (Wildman–Crippen LogP) is 2.50. The van der Waals surface area contributed by atoms with Crippen molar-refractivity contribution < 1.29 is 9.84 Å². The summed E-state index contributed by atoms with van der Waals surface area (Å²) in [6.45, 7) is 6.17. The van der Waals surface area contributed by atoms with Crippen LogP contribution < -0.4 is 0 Å². The number of aromatic nitrogens is 1. The first-order chi connectivity index (χ1) is 9.21. The molecule has 0 aliphatic carbocycles. The van der Waals surface area contributed by atoms with Crippen LogP contribution in [0.2, 0.25) is 0 Å². The molecule has 0 bridgehead atoms. The molecular weight excluding hydrogens is 266 g/mol. The van der Waals surface area contributed by atoms with Crippen molar-refractivity contribution in [2.24, 2.45) is 9.98 Å². The lowest BCUT2D eigenvalue weighted by atomic mass is 10.2. The van der Waals surface area contributed by atoms with E-state index in [-0.39, 0.29) is 18.9 Å². The highest BCUT2D eigenvalue weighted by atomic mass is 35.5. The molecule has 0 aromatic carbocycles. The molecule has 5 nitrogen and oxygen atoms in total. The Kier molecular flexibility index (Phi) is 4.74. The Hall–Kier alpha value is -1.17. The van der Waals surface area contributed by atoms with Crippen LogP contribution in [0.3, 0.4) is 0 Å². The highest BCUT2D eigenvalue weighted by Gasteiger charge is 2.28. The van der Waals surface area contributed by atoms with Gasteiger partial charge in [-0.3, -0.25) is 4.99 Å². The highest BCUT2D eigenvalue weighted by molar-refractivity contribution is 6.70. The molecule has 1 saturated heterocycles. The smallest absolute Gasteiger partial charge is 0.144 e. The van der Waals surface area contributed by atoms with Gasteiger partial charge in [-0.1, -0.05) is 11.6 Å². The van der Waals surface area contributed by atoms with Gasteiger partial charge in [0.1, 0.15) is 17.2 Å². The van der Waals surface area contributed by atoms with Crippen molar-refractivity contribution in [3.8, 4) is 0 Å². The molecule has 1 N–H and O–H groups in total. The summed E-state index contributed by atoms with van der Waals surface area (Å²) in [4.78, 5) is 8.21. The van der Waals surface area contributed by atoms with E-state index in [1.54, 1.807) is 0 Å². The van der Waals surface area contributed by atoms with E-state index in [4.69, 9.17) is 21.4 Å². The highest BCUT2D eigenvalue weighted by Crippen LogP contribution is 2.34. The fourth-order valence-electron chi connectivity index (χ4n) is 2.25. The van der Waals surface area contributed by atoms with Crippen LogP contribution in [-0.2, 0) is 4.74 Å². The molecule has 19 heavy (non-hydrogen) atoms. The van der Waals surface area contributed by atoms with E-state index in [2.05, 4.69) is 16.7 Å². The first kappa shape index (κ1) is 14.2. The Morgan fingerprint density at radius 2 is 2.42 bits per heavy atom. The van der Waals surface area contributed by atoms with E-state index in [1.165, 1.54) is 0 Å². The first-order valence-electron chi connectivity index (χ1n) is 6.35. The van der Waals surface area contributed by atoms with Crippen LogP contribution in [0.25, 0.3) is 0 Å². The van der Waals surface area contributed by atoms with Crippen LogP contribution in [-0.4, -0.2) is 40.8 Å². The maximum Gasteiger partial charge on any atom is 0.144 e. The SMILES string of the molecule is C=Nc1c(C(Cl)=NCC)ccn1C1CCC(CO)O1. The van der Waals surface area contributed by atoms with Crippen LogP contribution in [0.5, 0.6) is 0 Å². The fourth-order valence-corrected chi connectivity index (χ4v) is 2.52. The Morgan fingerprint density at radius 3 is 3.00 bits per heavy atom. The van der Waals surface area contributed by atoms with Gasteiger partial charge in [0.2, 0.25) is 0 Å². The second-order valence-corrected chi connectivity index (χ2v) is 4.71. The van der Waals surface area contributed by atoms with E-state index in [0.717, 1.165) is 18.4 Å². The molecule has 0 spiro atoms. The van der Waals surface area contributed by atoms with Gasteiger partial charge >= 0.3 is 0 Å². The average molecular weight is 284 g/mol. The molecule has 6 heteroatoms. The monoisotopic (exact) mass is 283 g/mol. The summed E-state index contributed by atoms with van der Waals surface area (Å²) in [7, 11) is 0. The van der Waals surface area contributed by atoms with Gasteiger partial charge in [-0.15, -0.1) is 0 Å². The molecule has 1 aliphatic rings. The number of hydrogen-bond acceptors (Lipinski definition) is 4. The van der Waals surface area contributed by atoms with E-state index < -0.39 is 0 Å². The minimum absolute atomic E-state index is 0.0412. The van der Waals surface area contributed by atoms with Gasteiger partial charge in [-0.05, 0) is 32.5 Å². The number of aliphatic hydroxyl groups is 1. The third-order valence-electron chi connectivity index (χ3n) is 3.16. The lowest BCUT2D eigenvalue weighted by Gasteiger charge is -2.16. The molecule has 104 valence electrons. The summed E-state index contributed by atoms with van der Waals surface area (Å²) >= 11 is 6.13. The molecule has 2 unspecified atom stereocenters. The van der Waals surface area contributed by atoms with Gasteiger partial charge in [0.25, 0.3) is 0 Å². The fraction of sp³-hybridized carbons (Fsp3) is 0.538. The number of aliphatic imine (C=N–C) groups is 2. The minimum atomic E-state index is -0.127. The van der Waals surface area contributed by atoms with Crippen molar-refractivity contribution in [3.63, 3.8) is 0 Å². The van der Waals surface area contributed by atoms with Crippen LogP contribution in [0.4, 0.5) is 5.82 Å². The summed E-state index contributed by atoms with van der Waals surface area (Å²) in [5.41, 5.74) is 0.759. The van der Waals surface area contributed by atoms with Gasteiger partial charge < -0.3 is 14.4 Å². The molecular formula is C13H18ClN3O2. The summed E-state index contributed by atoms with van der Waals surface area (Å²) in [6, 6.07) is 1.86. The summed E-state index contributed by atoms with van der Waals surface area (Å²) in [6.07, 6.45) is 3.31. The van der Waals surface area contributed by atoms with Gasteiger partial charge in [0, 0.05) is 12.7 Å². The van der Waals surface area contributed by atoms with Crippen molar-refractivity contribution in [1.82, 2.24) is 4.57 Å². The van der Waals surface area contributed by atoms with E-state index in [0.29, 0.717) is 17.5 Å². The standard InChI is InChI=1S/C13H18ClN3O2/c1-3-16-12(14)10-6-7-17(13(10)15-2)11-5-4-9(8-18)19-11/h6-7,9,11,18H,2-5,8H2,1H3. The van der Waals surface area contributed by atoms with Gasteiger partial charge in [-0.2, -0.15) is 0 Å². The normalized spacial score (nSPS) is 23.8. The van der Waals surface area contributed by atoms with E-state index >= 15 is 0 Å². The largest absolute Gasteiger partial charge is 0.394 e. The number of ether oxygens (including phenoxy) is 1. The lowest BCUT2D eigenvalue weighted by Crippen LogP contribution is -2.13. The Bertz CT molecular complexity index is 484. The zero-order valence-corrected chi connectivity index (χ0v) is 11.7. The molecule has 1 fully saturated rings. The van der Waals surface area contributed by atoms with Crippen molar-refractivity contribution in [1.29, 1.82) is 0 Å². The lowest BCUT2D eigenvalue weighted by molar-refractivity contribution is -0.0213. The molecule has 0 amide bonds. The number of hydrogen-bond donors (Lipinski definition) is 1. The number of nitrogens with zero attached hydrogens (tertiary/aromatic N) is 3. The maximum absolute atomic E-state index is 9.11. The second-order valence-electron chi connectivity index (χ2n) is 4.36. The van der Waals surface area contributed by atoms with Crippen molar-refractivity contribution in [2.45, 2.75) is 32.1 Å². The summed E-state index contributed by atoms with van der Waals surface area (Å²) in [5, 5.41) is 9.54. The third kappa shape index (κ3) is 2.88. The summed E-state index contributed by atoms with van der Waals surface area (Å²) in [5.74, 6) is 0.658. The number of halogens is 1. The molecule has 0 radical (unpaired) electrons. The molecule has 1 aromatic rings. The predicted molar refractivity (Wildman–Crippen MR) is 76.8 cm³/mol. The van der Waals surface area contributed by atoms with Crippen molar-refractivity contribution in [2.75, 3.05) is 13.2 Å². The maximum atomic E-state index is 9.11. The quantitative estimate of drug-likeness (QED) is 0.844. The third-order valence-corrected chi connectivity index (χ3v) is 3.48. The second kappa shape index (κ2) is 6.32. The Morgan fingerprint density at radius 1 is 1.63 bits per heavy atom. The van der Waals surface area contributed by atoms with Crippen molar-refractivity contribution >= 4 is 29.3 Å². The number of aliphatic hydroxyl groups excluding tert-OH is 1. The molecule has 0 saturated carbocycles. The number of rotatable bonds is 5. The van der Waals surface area contributed by atoms with Crippen molar-refractivity contribution in [3.05, 3.63) is 17.8 Å². The average Bonchev–Trinajstić information content (AvgIpc) is 3.04. The zero-order chi connectivity index (χ0) is 13.8. The van der Waals surface area contributed by atoms with E-state index in [1.807, 2.05) is 23.8 Å². The van der Waals surface area contributed by atoms with Crippen LogP contribution in [0.1, 0.15) is 31.6 Å². The first-order valence-corrected chi connectivity index (χ1v) is 6.73. The molecule has 1 aromatic heterocycles. The molecule has 1 aliphatic heterocycles. The van der Waals surface area contributed by atoms with Gasteiger partial charge in [0.05, 0.1) is 18.3 Å². The molecule has 2 heterocycles. The van der Waals surface area contributed by atoms with Crippen LogP contribution in [0.15, 0.2) is 22.2 Å². The molecule has 2 rings (SSSR count). The van der Waals surface area contributed by atoms with Gasteiger partial charge in [0.15, 0.2) is 0 Å². The van der Waals surface area contributed by atoms with Crippen LogP contribution in [0, 0.1) is 0 Å². The molecule has 2 atom stereocenters. The zero-order valence-electron chi connectivity index (χ0n) is 10.9. The van der Waals surface area contributed by atoms with Crippen LogP contribution >= 0.6 is 11.6 Å².